The summed E-state index contributed by atoms with van der Waals surface area (Å²) in [6.45, 7) is 10.7. The second-order valence-corrected chi connectivity index (χ2v) is 6.96. The molecule has 0 radical (unpaired) electrons. The molecule has 3 nitrogen and oxygen atoms in total. The summed E-state index contributed by atoms with van der Waals surface area (Å²) < 4.78 is 13.2. The van der Waals surface area contributed by atoms with Crippen LogP contribution in [0.15, 0.2) is 11.5 Å². The van der Waals surface area contributed by atoms with Crippen molar-refractivity contribution in [2.75, 3.05) is 27.2 Å². The molecular formula is C13H25BNO2+. The average Bonchev–Trinajstić information content (AvgIpc) is 2.35. The molecule has 2 aliphatic rings. The van der Waals surface area contributed by atoms with Crippen molar-refractivity contribution in [2.45, 2.75) is 45.3 Å². The Morgan fingerprint density at radius 2 is 1.65 bits per heavy atom. The van der Waals surface area contributed by atoms with Gasteiger partial charge in [0, 0.05) is 6.42 Å². The van der Waals surface area contributed by atoms with Crippen LogP contribution in [0.2, 0.25) is 0 Å². The van der Waals surface area contributed by atoms with Crippen LogP contribution in [-0.2, 0) is 9.31 Å². The third-order valence-corrected chi connectivity index (χ3v) is 4.41. The molecule has 2 rings (SSSR count). The van der Waals surface area contributed by atoms with E-state index in [1.54, 1.807) is 0 Å². The standard InChI is InChI=1S/C13H25BNO2/c1-12(2)13(3,4)17-14(16-12)11-7-9-15(5,6)10-8-11/h7H,8-10H2,1-6H3/q+1. The van der Waals surface area contributed by atoms with E-state index < -0.39 is 0 Å². The number of likely N-dealkylation sites (N-methyl/N-ethyl adjacent to an activating group) is 1. The molecule has 0 aromatic heterocycles. The van der Waals surface area contributed by atoms with E-state index in [1.165, 1.54) is 5.47 Å². The van der Waals surface area contributed by atoms with Gasteiger partial charge < -0.3 is 13.8 Å². The summed E-state index contributed by atoms with van der Waals surface area (Å²) in [6, 6.07) is 0. The Bertz CT molecular complexity index is 331. The lowest BCUT2D eigenvalue weighted by Gasteiger charge is -2.33. The average molecular weight is 238 g/mol. The lowest BCUT2D eigenvalue weighted by atomic mass is 9.74. The van der Waals surface area contributed by atoms with Crippen LogP contribution in [0.5, 0.6) is 0 Å². The first-order valence-corrected chi connectivity index (χ1v) is 6.50. The summed E-state index contributed by atoms with van der Waals surface area (Å²) in [5, 5.41) is 0. The van der Waals surface area contributed by atoms with Crippen molar-refractivity contribution in [1.82, 2.24) is 0 Å². The van der Waals surface area contributed by atoms with Crippen LogP contribution in [0, 0.1) is 0 Å². The lowest BCUT2D eigenvalue weighted by molar-refractivity contribution is -0.885. The molecule has 2 heterocycles. The van der Waals surface area contributed by atoms with Gasteiger partial charge in [-0.3, -0.25) is 0 Å². The van der Waals surface area contributed by atoms with Crippen molar-refractivity contribution in [2.24, 2.45) is 0 Å². The van der Waals surface area contributed by atoms with E-state index >= 15 is 0 Å². The normalized spacial score (nSPS) is 30.2. The summed E-state index contributed by atoms with van der Waals surface area (Å²) in [7, 11) is 4.38. The lowest BCUT2D eigenvalue weighted by Crippen LogP contribution is -2.44. The van der Waals surface area contributed by atoms with E-state index in [2.05, 4.69) is 47.9 Å². The van der Waals surface area contributed by atoms with E-state index in [-0.39, 0.29) is 18.3 Å². The maximum atomic E-state index is 6.07. The largest absolute Gasteiger partial charge is 0.490 e. The fraction of sp³-hybridized carbons (Fsp3) is 0.846. The van der Waals surface area contributed by atoms with Gasteiger partial charge in [-0.05, 0) is 39.2 Å². The molecule has 0 atom stereocenters. The summed E-state index contributed by atoms with van der Waals surface area (Å²) in [5.41, 5.74) is 0.877. The highest BCUT2D eigenvalue weighted by atomic mass is 16.7. The molecule has 2 aliphatic heterocycles. The quantitative estimate of drug-likeness (QED) is 0.514. The maximum absolute atomic E-state index is 6.07. The molecule has 0 aromatic carbocycles. The second-order valence-electron chi connectivity index (χ2n) is 6.96. The minimum Gasteiger partial charge on any atom is -0.400 e. The molecule has 0 N–H and O–H groups in total. The minimum atomic E-state index is -0.222. The number of hydrogen-bond acceptors (Lipinski definition) is 2. The van der Waals surface area contributed by atoms with Gasteiger partial charge in [-0.1, -0.05) is 0 Å². The zero-order valence-corrected chi connectivity index (χ0v) is 12.0. The Morgan fingerprint density at radius 1 is 1.12 bits per heavy atom. The Morgan fingerprint density at radius 3 is 2.06 bits per heavy atom. The van der Waals surface area contributed by atoms with Crippen molar-refractivity contribution in [3.05, 3.63) is 11.5 Å². The Balaban J connectivity index is 2.10. The van der Waals surface area contributed by atoms with E-state index in [4.69, 9.17) is 9.31 Å². The van der Waals surface area contributed by atoms with Crippen molar-refractivity contribution in [1.29, 1.82) is 0 Å². The predicted molar refractivity (Wildman–Crippen MR) is 70.6 cm³/mol. The highest BCUT2D eigenvalue weighted by Crippen LogP contribution is 2.39. The minimum absolute atomic E-state index is 0.139. The smallest absolute Gasteiger partial charge is 0.400 e. The zero-order valence-electron chi connectivity index (χ0n) is 12.0. The van der Waals surface area contributed by atoms with Gasteiger partial charge in [0.15, 0.2) is 0 Å². The van der Waals surface area contributed by atoms with Crippen molar-refractivity contribution >= 4 is 7.12 Å². The second kappa shape index (κ2) is 3.84. The van der Waals surface area contributed by atoms with E-state index in [9.17, 15) is 0 Å². The fourth-order valence-electron chi connectivity index (χ4n) is 2.20. The number of rotatable bonds is 1. The Labute approximate surface area is 106 Å². The molecular weight excluding hydrogens is 213 g/mol. The summed E-state index contributed by atoms with van der Waals surface area (Å²) in [6.07, 6.45) is 3.37. The van der Waals surface area contributed by atoms with Gasteiger partial charge in [-0.2, -0.15) is 0 Å². The highest BCUT2D eigenvalue weighted by Gasteiger charge is 2.52. The summed E-state index contributed by atoms with van der Waals surface area (Å²) >= 11 is 0. The van der Waals surface area contributed by atoms with Crippen molar-refractivity contribution in [3.63, 3.8) is 0 Å². The zero-order chi connectivity index (χ0) is 12.9. The Hall–Kier alpha value is -0.315. The molecule has 0 bridgehead atoms. The van der Waals surface area contributed by atoms with E-state index in [0.29, 0.717) is 0 Å². The first-order valence-electron chi connectivity index (χ1n) is 6.50. The predicted octanol–water partition coefficient (Wildman–Crippen LogP) is 2.02. The van der Waals surface area contributed by atoms with Crippen LogP contribution in [0.25, 0.3) is 0 Å². The molecule has 96 valence electrons. The molecule has 0 aliphatic carbocycles. The van der Waals surface area contributed by atoms with Gasteiger partial charge in [0.1, 0.15) is 0 Å². The molecule has 0 amide bonds. The molecule has 0 unspecified atom stereocenters. The SMILES string of the molecule is CC1(C)OB(C2=CC[N+](C)(C)CC2)OC1(C)C. The highest BCUT2D eigenvalue weighted by molar-refractivity contribution is 6.54. The van der Waals surface area contributed by atoms with Crippen LogP contribution in [0.4, 0.5) is 0 Å². The number of nitrogens with zero attached hydrogens (tertiary/aromatic N) is 1. The van der Waals surface area contributed by atoms with Crippen LogP contribution >= 0.6 is 0 Å². The van der Waals surface area contributed by atoms with Crippen molar-refractivity contribution < 1.29 is 13.8 Å². The maximum Gasteiger partial charge on any atom is 0.490 e. The van der Waals surface area contributed by atoms with Gasteiger partial charge >= 0.3 is 7.12 Å². The van der Waals surface area contributed by atoms with Crippen LogP contribution in [0.1, 0.15) is 34.1 Å². The van der Waals surface area contributed by atoms with Crippen LogP contribution < -0.4 is 0 Å². The fourth-order valence-corrected chi connectivity index (χ4v) is 2.20. The number of quaternary nitrogens is 1. The van der Waals surface area contributed by atoms with Crippen molar-refractivity contribution in [3.8, 4) is 0 Å². The third kappa shape index (κ3) is 2.44. The summed E-state index contributed by atoms with van der Waals surface area (Å²) in [4.78, 5) is 0. The summed E-state index contributed by atoms with van der Waals surface area (Å²) in [5.74, 6) is 0. The molecule has 0 spiro atoms. The van der Waals surface area contributed by atoms with Gasteiger partial charge in [0.2, 0.25) is 0 Å². The molecule has 0 aromatic rings. The molecule has 0 saturated carbocycles. The van der Waals surface area contributed by atoms with E-state index in [0.717, 1.165) is 24.0 Å². The Kier molecular flexibility index (Phi) is 2.96. The molecule has 1 saturated heterocycles. The van der Waals surface area contributed by atoms with Crippen LogP contribution in [0.3, 0.4) is 0 Å². The van der Waals surface area contributed by atoms with Gasteiger partial charge in [-0.25, -0.2) is 0 Å². The number of hydrogen-bond donors (Lipinski definition) is 0. The molecule has 17 heavy (non-hydrogen) atoms. The first-order chi connectivity index (χ1) is 7.63. The van der Waals surface area contributed by atoms with E-state index in [1.807, 2.05) is 0 Å². The third-order valence-electron chi connectivity index (χ3n) is 4.41. The first kappa shape index (κ1) is 13.1. The van der Waals surface area contributed by atoms with Gasteiger partial charge in [-0.15, -0.1) is 0 Å². The van der Waals surface area contributed by atoms with Crippen LogP contribution in [-0.4, -0.2) is 50.0 Å². The molecule has 1 fully saturated rings. The molecule has 4 heteroatoms. The monoisotopic (exact) mass is 238 g/mol. The van der Waals surface area contributed by atoms with Gasteiger partial charge in [0.05, 0.1) is 38.4 Å². The topological polar surface area (TPSA) is 18.5 Å². The van der Waals surface area contributed by atoms with Gasteiger partial charge in [0.25, 0.3) is 0 Å².